The van der Waals surface area contributed by atoms with Crippen molar-refractivity contribution in [1.29, 1.82) is 0 Å². The number of ether oxygens (including phenoxy) is 1. The number of rotatable bonds is 8. The van der Waals surface area contributed by atoms with Crippen molar-refractivity contribution in [2.24, 2.45) is 0 Å². The number of fused-ring (bicyclic) bond motifs is 2. The Bertz CT molecular complexity index is 2220. The lowest BCUT2D eigenvalue weighted by molar-refractivity contribution is -0.156. The fourth-order valence-corrected chi connectivity index (χ4v) is 5.80. The number of aryl methyl sites for hydroxylation is 2. The second kappa shape index (κ2) is 22.7. The van der Waals surface area contributed by atoms with Crippen LogP contribution in [0.25, 0.3) is 33.5 Å². The van der Waals surface area contributed by atoms with E-state index >= 15 is 0 Å². The number of aromatic nitrogens is 6. The van der Waals surface area contributed by atoms with Gasteiger partial charge < -0.3 is 20.7 Å². The number of nitrogens with two attached hydrogens (primary N) is 1. The van der Waals surface area contributed by atoms with Gasteiger partial charge in [-0.2, -0.15) is 0 Å². The minimum absolute atomic E-state index is 0. The SMILES string of the molecule is C.CC(=O)Nc1cc(-c2ccc(C)cc2)cn2c(C(C)C)nnc12.CC(=O)OC(C)=O.CCN(CC)CC.Cc1ccc(-c2cc(N)c3nnc(C(C)C)n3c2)cc1. The van der Waals surface area contributed by atoms with E-state index in [9.17, 15) is 14.4 Å². The van der Waals surface area contributed by atoms with E-state index in [0.29, 0.717) is 22.9 Å². The third kappa shape index (κ3) is 13.6. The van der Waals surface area contributed by atoms with Gasteiger partial charge in [0.05, 0.1) is 11.4 Å². The molecule has 4 aromatic heterocycles. The highest BCUT2D eigenvalue weighted by Crippen LogP contribution is 2.29. The van der Waals surface area contributed by atoms with E-state index in [4.69, 9.17) is 5.73 Å². The van der Waals surface area contributed by atoms with Gasteiger partial charge in [0, 0.05) is 56.1 Å². The quantitative estimate of drug-likeness (QED) is 0.112. The van der Waals surface area contributed by atoms with Crippen molar-refractivity contribution in [1.82, 2.24) is 34.1 Å². The number of carbonyl (C=O) groups excluding carboxylic acids is 3. The highest BCUT2D eigenvalue weighted by Gasteiger charge is 2.16. The fourth-order valence-electron chi connectivity index (χ4n) is 5.80. The molecule has 6 rings (SSSR count). The molecule has 0 aliphatic carbocycles. The first-order valence-electron chi connectivity index (χ1n) is 19.3. The minimum Gasteiger partial charge on any atom is -0.396 e. The molecule has 58 heavy (non-hydrogen) atoms. The molecule has 0 unspecified atom stereocenters. The molecule has 3 N–H and O–H groups in total. The zero-order valence-electron chi connectivity index (χ0n) is 35.5. The van der Waals surface area contributed by atoms with Crippen LogP contribution in [0.4, 0.5) is 11.4 Å². The molecule has 13 nitrogen and oxygen atoms in total. The maximum Gasteiger partial charge on any atom is 0.310 e. The zero-order chi connectivity index (χ0) is 42.4. The molecule has 0 spiro atoms. The van der Waals surface area contributed by atoms with Crippen LogP contribution in [0, 0.1) is 13.8 Å². The molecule has 0 saturated carbocycles. The van der Waals surface area contributed by atoms with Gasteiger partial charge in [-0.05, 0) is 56.7 Å². The molecule has 0 atom stereocenters. The van der Waals surface area contributed by atoms with E-state index in [-0.39, 0.29) is 19.3 Å². The Morgan fingerprint density at radius 2 is 1.05 bits per heavy atom. The number of anilines is 2. The Balaban J connectivity index is 0.000000301. The second-order valence-electron chi connectivity index (χ2n) is 14.3. The summed E-state index contributed by atoms with van der Waals surface area (Å²) < 4.78 is 7.93. The molecule has 1 amide bonds. The third-order valence-electron chi connectivity index (χ3n) is 8.83. The van der Waals surface area contributed by atoms with Crippen molar-refractivity contribution in [3.05, 3.63) is 95.8 Å². The molecule has 4 heterocycles. The number of nitrogen functional groups attached to an aromatic ring is 1. The Morgan fingerprint density at radius 1 is 0.655 bits per heavy atom. The smallest absolute Gasteiger partial charge is 0.310 e. The van der Waals surface area contributed by atoms with Crippen LogP contribution < -0.4 is 11.1 Å². The van der Waals surface area contributed by atoms with E-state index in [1.54, 1.807) is 0 Å². The largest absolute Gasteiger partial charge is 0.396 e. The third-order valence-corrected chi connectivity index (χ3v) is 8.83. The molecule has 0 aliphatic rings. The van der Waals surface area contributed by atoms with Gasteiger partial charge in [0.25, 0.3) is 0 Å². The maximum absolute atomic E-state index is 11.5. The summed E-state index contributed by atoms with van der Waals surface area (Å²) >= 11 is 0. The molecule has 0 radical (unpaired) electrons. The summed E-state index contributed by atoms with van der Waals surface area (Å²) in [4.78, 5) is 33.5. The maximum atomic E-state index is 11.5. The van der Waals surface area contributed by atoms with Gasteiger partial charge in [-0.1, -0.05) is 116 Å². The highest BCUT2D eigenvalue weighted by atomic mass is 16.6. The average molecular weight is 794 g/mol. The first kappa shape index (κ1) is 48.2. The predicted molar refractivity (Wildman–Crippen MR) is 236 cm³/mol. The van der Waals surface area contributed by atoms with Gasteiger partial charge >= 0.3 is 11.9 Å². The summed E-state index contributed by atoms with van der Waals surface area (Å²) in [5.74, 6) is 1.10. The summed E-state index contributed by atoms with van der Waals surface area (Å²) in [5, 5.41) is 19.8. The van der Waals surface area contributed by atoms with Gasteiger partial charge in [0.15, 0.2) is 11.3 Å². The van der Waals surface area contributed by atoms with Crippen LogP contribution in [-0.4, -0.2) is 71.6 Å². The van der Waals surface area contributed by atoms with Gasteiger partial charge in [0.1, 0.15) is 11.6 Å². The van der Waals surface area contributed by atoms with Crippen LogP contribution >= 0.6 is 0 Å². The number of nitrogens with one attached hydrogen (secondary N) is 1. The normalized spacial score (nSPS) is 10.5. The lowest BCUT2D eigenvalue weighted by Gasteiger charge is -2.13. The topological polar surface area (TPSA) is 162 Å². The second-order valence-corrected chi connectivity index (χ2v) is 14.3. The molecule has 0 saturated heterocycles. The van der Waals surface area contributed by atoms with Crippen molar-refractivity contribution < 1.29 is 19.1 Å². The van der Waals surface area contributed by atoms with Gasteiger partial charge in [-0.3, -0.25) is 23.2 Å². The summed E-state index contributed by atoms with van der Waals surface area (Å²) in [5.41, 5.74) is 15.6. The fraction of sp³-hybridized carbons (Fsp3) is 0.400. The van der Waals surface area contributed by atoms with Gasteiger partial charge in [-0.15, -0.1) is 20.4 Å². The highest BCUT2D eigenvalue weighted by molar-refractivity contribution is 5.94. The molecule has 0 bridgehead atoms. The Hall–Kier alpha value is -5.95. The van der Waals surface area contributed by atoms with Crippen molar-refractivity contribution in [3.8, 4) is 22.3 Å². The van der Waals surface area contributed by atoms with Crippen LogP contribution in [0.5, 0.6) is 0 Å². The van der Waals surface area contributed by atoms with Crippen LogP contribution in [0.15, 0.2) is 73.1 Å². The number of nitrogens with zero attached hydrogens (tertiary/aromatic N) is 7. The standard InChI is InChI=1S/C18H20N4O.C16H18N4.C6H15N.C4H6O3.CH4/c1-11(2)17-20-21-18-16(19-13(4)23)9-15(10-22(17)18)14-7-5-12(3)6-8-14;1-10(2)15-18-19-16-14(17)8-13(9-20(15)16)12-6-4-11(3)5-7-12;1-4-7(5-2)6-3;1-3(5)7-4(2)6;/h5-11H,1-4H3,(H,19,23);4-10H,17H2,1-3H3;4-6H2,1-3H3;1-2H3;1H4. The molecule has 6 aromatic rings. The van der Waals surface area contributed by atoms with Crippen molar-refractivity contribution in [2.45, 2.75) is 102 Å². The Labute approximate surface area is 344 Å². The van der Waals surface area contributed by atoms with Crippen molar-refractivity contribution in [3.63, 3.8) is 0 Å². The first-order chi connectivity index (χ1) is 27.0. The Kier molecular flexibility index (Phi) is 18.9. The van der Waals surface area contributed by atoms with Gasteiger partial charge in [0.2, 0.25) is 5.91 Å². The summed E-state index contributed by atoms with van der Waals surface area (Å²) in [7, 11) is 0. The van der Waals surface area contributed by atoms with E-state index in [1.165, 1.54) is 51.5 Å². The van der Waals surface area contributed by atoms with E-state index < -0.39 is 11.9 Å². The van der Waals surface area contributed by atoms with E-state index in [1.807, 2.05) is 27.1 Å². The van der Waals surface area contributed by atoms with Crippen molar-refractivity contribution >= 4 is 40.5 Å². The number of pyridine rings is 2. The van der Waals surface area contributed by atoms with Crippen LogP contribution in [0.1, 0.15) is 111 Å². The van der Waals surface area contributed by atoms with E-state index in [2.05, 4.69) is 152 Å². The lowest BCUT2D eigenvalue weighted by Crippen LogP contribution is -2.21. The molecular weight excluding hydrogens is 731 g/mol. The summed E-state index contributed by atoms with van der Waals surface area (Å²) in [6.07, 6.45) is 4.09. The zero-order valence-corrected chi connectivity index (χ0v) is 35.5. The van der Waals surface area contributed by atoms with E-state index in [0.717, 1.165) is 39.5 Å². The van der Waals surface area contributed by atoms with Crippen molar-refractivity contribution in [2.75, 3.05) is 30.7 Å². The number of amides is 1. The number of hydrogen-bond acceptors (Lipinski definition) is 10. The molecule has 2 aromatic carbocycles. The molecule has 312 valence electrons. The summed E-state index contributed by atoms with van der Waals surface area (Å²) in [6, 6.07) is 20.6. The Morgan fingerprint density at radius 3 is 1.40 bits per heavy atom. The monoisotopic (exact) mass is 794 g/mol. The molecule has 13 heteroatoms. The van der Waals surface area contributed by atoms with Gasteiger partial charge in [-0.25, -0.2) is 0 Å². The average Bonchev–Trinajstić information content (AvgIpc) is 3.79. The number of esters is 2. The predicted octanol–water partition coefficient (Wildman–Crippen LogP) is 9.28. The number of hydrogen-bond donors (Lipinski definition) is 2. The lowest BCUT2D eigenvalue weighted by atomic mass is 10.1. The molecule has 0 fully saturated rings. The summed E-state index contributed by atoms with van der Waals surface area (Å²) in [6.45, 7) is 26.5. The van der Waals surface area contributed by atoms with Crippen LogP contribution in [0.3, 0.4) is 0 Å². The molecule has 0 aliphatic heterocycles. The molecular formula is C45H63N9O4. The minimum atomic E-state index is -0.562. The van der Waals surface area contributed by atoms with Crippen LogP contribution in [-0.2, 0) is 19.1 Å². The number of carbonyl (C=O) groups is 3. The number of benzene rings is 2. The first-order valence-corrected chi connectivity index (χ1v) is 19.3. The van der Waals surface area contributed by atoms with Crippen LogP contribution in [0.2, 0.25) is 0 Å².